The maximum Gasteiger partial charge on any atom is 0.270 e. The van der Waals surface area contributed by atoms with Crippen LogP contribution in [0.1, 0.15) is 18.1 Å². The molecule has 0 aromatic heterocycles. The number of amides is 2. The zero-order chi connectivity index (χ0) is 28.3. The lowest BCUT2D eigenvalue weighted by atomic mass is 10.1. The molecule has 9 nitrogen and oxygen atoms in total. The lowest BCUT2D eigenvalue weighted by Gasteiger charge is -2.29. The van der Waals surface area contributed by atoms with Gasteiger partial charge in [0.05, 0.1) is 31.7 Å². The van der Waals surface area contributed by atoms with Gasteiger partial charge in [-0.3, -0.25) is 29.9 Å². The summed E-state index contributed by atoms with van der Waals surface area (Å²) < 4.78 is 12.2. The number of carbonyl (C=O) groups excluding carboxylic acids is 2. The maximum atomic E-state index is 13.4. The van der Waals surface area contributed by atoms with Crippen molar-refractivity contribution in [3.8, 4) is 11.5 Å². The zero-order valence-corrected chi connectivity index (χ0v) is 24.0. The number of benzene rings is 3. The Balaban J connectivity index is 1.65. The van der Waals surface area contributed by atoms with E-state index in [0.29, 0.717) is 33.7 Å². The second kappa shape index (κ2) is 12.1. The van der Waals surface area contributed by atoms with E-state index in [0.717, 1.165) is 4.90 Å². The SMILES string of the molecule is CCOc1cc(/C=C2\C(=O)NC(=S)N(c3cccc(Cl)c3Cl)C2=O)cc(Br)c1OCc1ccc([N+](=O)[O-])cc1. The van der Waals surface area contributed by atoms with Crippen LogP contribution in [0.4, 0.5) is 11.4 Å². The minimum atomic E-state index is -0.680. The number of ether oxygens (including phenoxy) is 2. The fourth-order valence-electron chi connectivity index (χ4n) is 3.65. The number of nitro benzene ring substituents is 1. The van der Waals surface area contributed by atoms with Gasteiger partial charge in [-0.1, -0.05) is 29.3 Å². The van der Waals surface area contributed by atoms with Crippen LogP contribution in [0.25, 0.3) is 6.08 Å². The number of thiocarbonyl (C=S) groups is 1. The number of nitrogens with zero attached hydrogens (tertiary/aromatic N) is 2. The Labute approximate surface area is 246 Å². The van der Waals surface area contributed by atoms with Gasteiger partial charge in [0, 0.05) is 12.1 Å². The Hall–Kier alpha value is -3.51. The molecule has 0 unspecified atom stereocenters. The molecule has 13 heteroatoms. The zero-order valence-electron chi connectivity index (χ0n) is 20.1. The highest BCUT2D eigenvalue weighted by molar-refractivity contribution is 9.10. The number of nitrogens with one attached hydrogen (secondary N) is 1. The van der Waals surface area contributed by atoms with E-state index in [-0.39, 0.29) is 38.7 Å². The first kappa shape index (κ1) is 28.5. The molecule has 1 N–H and O–H groups in total. The first-order valence-corrected chi connectivity index (χ1v) is 13.2. The molecule has 0 radical (unpaired) electrons. The third-order valence-corrected chi connectivity index (χ3v) is 7.13. The van der Waals surface area contributed by atoms with Gasteiger partial charge in [0.2, 0.25) is 0 Å². The van der Waals surface area contributed by atoms with Crippen molar-refractivity contribution in [2.45, 2.75) is 13.5 Å². The van der Waals surface area contributed by atoms with Crippen molar-refractivity contribution in [3.63, 3.8) is 0 Å². The van der Waals surface area contributed by atoms with E-state index in [4.69, 9.17) is 44.9 Å². The molecule has 0 saturated carbocycles. The third-order valence-electron chi connectivity index (χ3n) is 5.45. The van der Waals surface area contributed by atoms with Crippen molar-refractivity contribution in [2.75, 3.05) is 11.5 Å². The molecule has 2 amide bonds. The largest absolute Gasteiger partial charge is 0.490 e. The maximum absolute atomic E-state index is 13.4. The van der Waals surface area contributed by atoms with Gasteiger partial charge in [-0.05, 0) is 88.7 Å². The Kier molecular flexibility index (Phi) is 8.86. The quantitative estimate of drug-likeness (QED) is 0.0977. The van der Waals surface area contributed by atoms with Gasteiger partial charge in [-0.2, -0.15) is 0 Å². The van der Waals surface area contributed by atoms with E-state index in [1.807, 2.05) is 0 Å². The number of rotatable bonds is 8. The Morgan fingerprint density at radius 3 is 2.51 bits per heavy atom. The summed E-state index contributed by atoms with van der Waals surface area (Å²) in [5.74, 6) is -0.618. The molecule has 0 atom stereocenters. The topological polar surface area (TPSA) is 111 Å². The molecule has 1 heterocycles. The fraction of sp³-hybridized carbons (Fsp3) is 0.115. The minimum absolute atomic E-state index is 0.0226. The van der Waals surface area contributed by atoms with E-state index >= 15 is 0 Å². The van der Waals surface area contributed by atoms with Crippen molar-refractivity contribution in [2.24, 2.45) is 0 Å². The first-order valence-electron chi connectivity index (χ1n) is 11.3. The Morgan fingerprint density at radius 1 is 1.13 bits per heavy atom. The molecule has 200 valence electrons. The van der Waals surface area contributed by atoms with Crippen molar-refractivity contribution in [3.05, 3.63) is 95.9 Å². The highest BCUT2D eigenvalue weighted by atomic mass is 79.9. The van der Waals surface area contributed by atoms with Crippen molar-refractivity contribution in [1.82, 2.24) is 5.32 Å². The third kappa shape index (κ3) is 6.22. The van der Waals surface area contributed by atoms with Crippen LogP contribution in [0.15, 0.2) is 64.6 Å². The van der Waals surface area contributed by atoms with Crippen LogP contribution < -0.4 is 19.7 Å². The van der Waals surface area contributed by atoms with Crippen LogP contribution in [-0.4, -0.2) is 28.5 Å². The number of non-ortho nitro benzene ring substituents is 1. The Morgan fingerprint density at radius 2 is 1.85 bits per heavy atom. The van der Waals surface area contributed by atoms with Gasteiger partial charge in [0.25, 0.3) is 17.5 Å². The number of anilines is 1. The van der Waals surface area contributed by atoms with Gasteiger partial charge in [0.15, 0.2) is 16.6 Å². The van der Waals surface area contributed by atoms with Crippen molar-refractivity contribution >= 4 is 85.7 Å². The van der Waals surface area contributed by atoms with Crippen molar-refractivity contribution in [1.29, 1.82) is 0 Å². The molecule has 1 aliphatic rings. The summed E-state index contributed by atoms with van der Waals surface area (Å²) in [6.07, 6.45) is 1.40. The molecule has 1 fully saturated rings. The number of hydrogen-bond acceptors (Lipinski definition) is 7. The highest BCUT2D eigenvalue weighted by Crippen LogP contribution is 2.39. The lowest BCUT2D eigenvalue weighted by Crippen LogP contribution is -2.54. The van der Waals surface area contributed by atoms with Crippen molar-refractivity contribution < 1.29 is 24.0 Å². The molecule has 4 rings (SSSR count). The van der Waals surface area contributed by atoms with E-state index in [2.05, 4.69) is 21.2 Å². The number of nitro groups is 1. The lowest BCUT2D eigenvalue weighted by molar-refractivity contribution is -0.384. The summed E-state index contributed by atoms with van der Waals surface area (Å²) in [6, 6.07) is 14.0. The molecule has 3 aromatic rings. The summed E-state index contributed by atoms with van der Waals surface area (Å²) in [5, 5.41) is 13.6. The van der Waals surface area contributed by atoms with Gasteiger partial charge in [-0.25, -0.2) is 0 Å². The minimum Gasteiger partial charge on any atom is -0.490 e. The van der Waals surface area contributed by atoms with Gasteiger partial charge >= 0.3 is 0 Å². The van der Waals surface area contributed by atoms with Crippen LogP contribution in [0.3, 0.4) is 0 Å². The smallest absolute Gasteiger partial charge is 0.270 e. The molecule has 0 spiro atoms. The predicted molar refractivity (Wildman–Crippen MR) is 155 cm³/mol. The summed E-state index contributed by atoms with van der Waals surface area (Å²) >= 11 is 21.1. The van der Waals surface area contributed by atoms with E-state index in [9.17, 15) is 19.7 Å². The van der Waals surface area contributed by atoms with E-state index in [1.54, 1.807) is 49.4 Å². The van der Waals surface area contributed by atoms with Crippen LogP contribution in [0.5, 0.6) is 11.5 Å². The molecule has 3 aromatic carbocycles. The molecule has 0 aliphatic carbocycles. The molecule has 1 aliphatic heterocycles. The second-order valence-corrected chi connectivity index (χ2v) is 10.0. The summed E-state index contributed by atoms with van der Waals surface area (Å²) in [5.41, 5.74) is 1.20. The summed E-state index contributed by atoms with van der Waals surface area (Å²) in [4.78, 5) is 37.7. The average Bonchev–Trinajstić information content (AvgIpc) is 2.89. The normalized spacial score (nSPS) is 14.4. The molecule has 0 bridgehead atoms. The monoisotopic (exact) mass is 649 g/mol. The number of halogens is 3. The molecular formula is C26H18BrCl2N3O6S. The average molecular weight is 651 g/mol. The Bertz CT molecular complexity index is 1530. The molecule has 39 heavy (non-hydrogen) atoms. The fourth-order valence-corrected chi connectivity index (χ4v) is 4.88. The van der Waals surface area contributed by atoms with Gasteiger partial charge in [0.1, 0.15) is 12.2 Å². The molecular weight excluding hydrogens is 633 g/mol. The standard InChI is InChI=1S/C26H18BrCl2N3O6S/c1-2-37-21-12-15(11-18(27)23(21)38-13-14-6-8-16(9-7-14)32(35)36)10-17-24(33)30-26(39)31(25(17)34)20-5-3-4-19(28)22(20)29/h3-12H,2,13H2,1H3,(H,30,33,39)/b17-10+. The first-order chi connectivity index (χ1) is 18.6. The summed E-state index contributed by atoms with van der Waals surface area (Å²) in [6.45, 7) is 2.23. The van der Waals surface area contributed by atoms with Crippen LogP contribution in [0, 0.1) is 10.1 Å². The molecule has 1 saturated heterocycles. The predicted octanol–water partition coefficient (Wildman–Crippen LogP) is 6.47. The van der Waals surface area contributed by atoms with Gasteiger partial charge in [-0.15, -0.1) is 0 Å². The number of carbonyl (C=O) groups is 2. The van der Waals surface area contributed by atoms with E-state index < -0.39 is 16.7 Å². The number of hydrogen-bond donors (Lipinski definition) is 1. The van der Waals surface area contributed by atoms with E-state index in [1.165, 1.54) is 18.2 Å². The van der Waals surface area contributed by atoms with Crippen LogP contribution >= 0.6 is 51.3 Å². The van der Waals surface area contributed by atoms with Crippen LogP contribution in [0.2, 0.25) is 10.0 Å². The highest BCUT2D eigenvalue weighted by Gasteiger charge is 2.35. The van der Waals surface area contributed by atoms with Gasteiger partial charge < -0.3 is 9.47 Å². The second-order valence-electron chi connectivity index (χ2n) is 8.01. The van der Waals surface area contributed by atoms with Crippen LogP contribution in [-0.2, 0) is 16.2 Å². The summed E-state index contributed by atoms with van der Waals surface area (Å²) in [7, 11) is 0.